The molecule has 0 spiro atoms. The van der Waals surface area contributed by atoms with Crippen LogP contribution in [0, 0.1) is 0 Å². The molecule has 0 N–H and O–H groups in total. The van der Waals surface area contributed by atoms with E-state index in [0.29, 0.717) is 19.3 Å². The molecule has 59 heavy (non-hydrogen) atoms. The summed E-state index contributed by atoms with van der Waals surface area (Å²) < 4.78 is 16.7. The van der Waals surface area contributed by atoms with Gasteiger partial charge in [-0.25, -0.2) is 0 Å². The molecular weight excluding hydrogens is 733 g/mol. The number of hydrogen-bond donors (Lipinski definition) is 0. The Morgan fingerprint density at radius 2 is 0.712 bits per heavy atom. The first-order valence-corrected chi connectivity index (χ1v) is 23.8. The fourth-order valence-corrected chi connectivity index (χ4v) is 6.03. The third kappa shape index (κ3) is 45.3. The van der Waals surface area contributed by atoms with Crippen LogP contribution < -0.4 is 0 Å². The van der Waals surface area contributed by atoms with Crippen molar-refractivity contribution in [2.75, 3.05) is 13.2 Å². The smallest absolute Gasteiger partial charge is 0.306 e. The molecule has 0 aromatic heterocycles. The van der Waals surface area contributed by atoms with Gasteiger partial charge in [0, 0.05) is 19.3 Å². The van der Waals surface area contributed by atoms with E-state index in [1.165, 1.54) is 25.7 Å². The Bertz CT molecular complexity index is 1220. The number of rotatable bonds is 41. The van der Waals surface area contributed by atoms with Gasteiger partial charge in [0.05, 0.1) is 0 Å². The van der Waals surface area contributed by atoms with Crippen molar-refractivity contribution in [2.24, 2.45) is 0 Å². The Labute approximate surface area is 362 Å². The van der Waals surface area contributed by atoms with Crippen LogP contribution >= 0.6 is 0 Å². The monoisotopic (exact) mass is 819 g/mol. The lowest BCUT2D eigenvalue weighted by molar-refractivity contribution is -0.167. The Kier molecular flexibility index (Phi) is 44.1. The van der Waals surface area contributed by atoms with E-state index in [4.69, 9.17) is 14.2 Å². The minimum Gasteiger partial charge on any atom is -0.462 e. The first kappa shape index (κ1) is 55.3. The average molecular weight is 819 g/mol. The first-order valence-electron chi connectivity index (χ1n) is 23.8. The Hall–Kier alpha value is -3.67. The van der Waals surface area contributed by atoms with Crippen molar-refractivity contribution in [2.45, 2.75) is 207 Å². The molecule has 0 saturated carbocycles. The van der Waals surface area contributed by atoms with E-state index in [0.717, 1.165) is 135 Å². The molecule has 0 aromatic carbocycles. The molecule has 0 aliphatic rings. The van der Waals surface area contributed by atoms with Gasteiger partial charge in [0.15, 0.2) is 6.10 Å². The molecule has 6 heteroatoms. The van der Waals surface area contributed by atoms with Gasteiger partial charge in [-0.05, 0) is 103 Å². The summed E-state index contributed by atoms with van der Waals surface area (Å²) in [4.78, 5) is 37.8. The molecule has 0 aromatic rings. The zero-order valence-corrected chi connectivity index (χ0v) is 38.0. The third-order valence-electron chi connectivity index (χ3n) is 9.58. The van der Waals surface area contributed by atoms with E-state index in [1.54, 1.807) is 0 Å². The lowest BCUT2D eigenvalue weighted by Gasteiger charge is -2.18. The third-order valence-corrected chi connectivity index (χ3v) is 9.58. The van der Waals surface area contributed by atoms with Crippen molar-refractivity contribution >= 4 is 17.9 Å². The summed E-state index contributed by atoms with van der Waals surface area (Å²) in [6.07, 6.45) is 61.0. The molecule has 0 aliphatic heterocycles. The van der Waals surface area contributed by atoms with Crippen molar-refractivity contribution in [3.63, 3.8) is 0 Å². The Balaban J connectivity index is 4.48. The number of ether oxygens (including phenoxy) is 3. The normalized spacial score (nSPS) is 12.9. The van der Waals surface area contributed by atoms with Crippen molar-refractivity contribution in [1.82, 2.24) is 0 Å². The maximum atomic E-state index is 12.7. The van der Waals surface area contributed by atoms with Crippen LogP contribution in [0.15, 0.2) is 97.2 Å². The number of allylic oxidation sites excluding steroid dienone is 16. The highest BCUT2D eigenvalue weighted by atomic mass is 16.6. The predicted octanol–water partition coefficient (Wildman–Crippen LogP) is 15.4. The van der Waals surface area contributed by atoms with E-state index in [-0.39, 0.29) is 31.1 Å². The van der Waals surface area contributed by atoms with E-state index < -0.39 is 6.10 Å². The van der Waals surface area contributed by atoms with Crippen molar-refractivity contribution in [1.29, 1.82) is 0 Å². The van der Waals surface area contributed by atoms with Crippen LogP contribution in [0.25, 0.3) is 0 Å². The highest BCUT2D eigenvalue weighted by Gasteiger charge is 2.19. The summed E-state index contributed by atoms with van der Waals surface area (Å²) in [6, 6.07) is 0. The zero-order valence-electron chi connectivity index (χ0n) is 38.0. The fourth-order valence-electron chi connectivity index (χ4n) is 6.03. The maximum absolute atomic E-state index is 12.7. The Morgan fingerprint density at radius 3 is 1.15 bits per heavy atom. The zero-order chi connectivity index (χ0) is 43.0. The SMILES string of the molecule is CC/C=C\C/C=C\C/C=C\CCCCCCCCC(=O)OCC(COC(=O)CCCCC/C=C\C=C/CCCC)OC(=O)CCCCCC/C=C\C/C=C\C/C=C\CC. The lowest BCUT2D eigenvalue weighted by Crippen LogP contribution is -2.30. The highest BCUT2D eigenvalue weighted by Crippen LogP contribution is 2.12. The lowest BCUT2D eigenvalue weighted by atomic mass is 10.1. The maximum Gasteiger partial charge on any atom is 0.306 e. The second-order valence-electron chi connectivity index (χ2n) is 15.3. The van der Waals surface area contributed by atoms with Crippen molar-refractivity contribution < 1.29 is 28.6 Å². The van der Waals surface area contributed by atoms with Gasteiger partial charge in [-0.2, -0.15) is 0 Å². The topological polar surface area (TPSA) is 78.9 Å². The van der Waals surface area contributed by atoms with Crippen LogP contribution in [0.4, 0.5) is 0 Å². The number of carbonyl (C=O) groups excluding carboxylic acids is 3. The van der Waals surface area contributed by atoms with Gasteiger partial charge in [0.25, 0.3) is 0 Å². The Morgan fingerprint density at radius 1 is 0.373 bits per heavy atom. The summed E-state index contributed by atoms with van der Waals surface area (Å²) in [5, 5.41) is 0. The molecule has 0 saturated heterocycles. The number of hydrogen-bond acceptors (Lipinski definition) is 6. The van der Waals surface area contributed by atoms with Gasteiger partial charge in [0.1, 0.15) is 13.2 Å². The molecule has 0 amide bonds. The largest absolute Gasteiger partial charge is 0.462 e. The fraction of sp³-hybridized carbons (Fsp3) is 0.642. The average Bonchev–Trinajstić information content (AvgIpc) is 3.23. The van der Waals surface area contributed by atoms with Crippen molar-refractivity contribution in [3.05, 3.63) is 97.2 Å². The van der Waals surface area contributed by atoms with E-state index in [2.05, 4.69) is 118 Å². The summed E-state index contributed by atoms with van der Waals surface area (Å²) >= 11 is 0. The van der Waals surface area contributed by atoms with Gasteiger partial charge in [0.2, 0.25) is 0 Å². The molecule has 1 atom stereocenters. The number of esters is 3. The quantitative estimate of drug-likeness (QED) is 0.0201. The summed E-state index contributed by atoms with van der Waals surface area (Å²) in [5.74, 6) is -0.976. The van der Waals surface area contributed by atoms with Crippen LogP contribution in [0.5, 0.6) is 0 Å². The molecule has 0 fully saturated rings. The second kappa shape index (κ2) is 47.0. The van der Waals surface area contributed by atoms with E-state index in [9.17, 15) is 14.4 Å². The minimum atomic E-state index is -0.805. The van der Waals surface area contributed by atoms with Crippen LogP contribution in [-0.4, -0.2) is 37.2 Å². The van der Waals surface area contributed by atoms with Crippen LogP contribution in [0.1, 0.15) is 201 Å². The summed E-state index contributed by atoms with van der Waals surface area (Å²) in [5.41, 5.74) is 0. The molecule has 6 nitrogen and oxygen atoms in total. The standard InChI is InChI=1S/C53H86O6/c1-4-7-10-13-16-19-22-24-26-27-29-31-34-37-40-43-46-52(55)58-49-50(48-57-51(54)45-42-39-36-33-30-21-18-15-12-9-6-3)59-53(56)47-44-41-38-35-32-28-25-23-20-17-14-11-8-5-2/h7-8,10-11,15-21,24-26,28,30,50H,4-6,9,12-14,22-23,27,29,31-49H2,1-3H3/b10-7-,11-8-,18-15-,19-16-,20-17-,26-24-,28-25-,30-21-. The van der Waals surface area contributed by atoms with Crippen LogP contribution in [0.3, 0.4) is 0 Å². The minimum absolute atomic E-state index is 0.104. The molecule has 0 bridgehead atoms. The molecule has 0 rings (SSSR count). The molecule has 1 unspecified atom stereocenters. The predicted molar refractivity (Wildman–Crippen MR) is 251 cm³/mol. The van der Waals surface area contributed by atoms with Gasteiger partial charge in [-0.15, -0.1) is 0 Å². The van der Waals surface area contributed by atoms with Gasteiger partial charge in [-0.1, -0.05) is 176 Å². The van der Waals surface area contributed by atoms with E-state index >= 15 is 0 Å². The van der Waals surface area contributed by atoms with Gasteiger partial charge in [-0.3, -0.25) is 14.4 Å². The summed E-state index contributed by atoms with van der Waals surface area (Å²) in [7, 11) is 0. The molecule has 0 aliphatic carbocycles. The molecular formula is C53H86O6. The van der Waals surface area contributed by atoms with Gasteiger partial charge < -0.3 is 14.2 Å². The first-order chi connectivity index (χ1) is 29.0. The molecule has 0 radical (unpaired) electrons. The highest BCUT2D eigenvalue weighted by molar-refractivity contribution is 5.71. The number of carbonyl (C=O) groups is 3. The molecule has 334 valence electrons. The van der Waals surface area contributed by atoms with Crippen LogP contribution in [0.2, 0.25) is 0 Å². The summed E-state index contributed by atoms with van der Waals surface area (Å²) in [6.45, 7) is 6.28. The second-order valence-corrected chi connectivity index (χ2v) is 15.3. The van der Waals surface area contributed by atoms with Crippen LogP contribution in [-0.2, 0) is 28.6 Å². The van der Waals surface area contributed by atoms with E-state index in [1.807, 2.05) is 0 Å². The number of unbranched alkanes of at least 4 members (excludes halogenated alkanes) is 15. The van der Waals surface area contributed by atoms with Gasteiger partial charge >= 0.3 is 17.9 Å². The van der Waals surface area contributed by atoms with Crippen molar-refractivity contribution in [3.8, 4) is 0 Å². The molecule has 0 heterocycles.